The maximum Gasteiger partial charge on any atom is 0.223 e. The Balaban J connectivity index is 2.21. The molecule has 0 fully saturated rings. The molecule has 0 aliphatic heterocycles. The molecule has 2 rings (SSSR count). The van der Waals surface area contributed by atoms with Crippen LogP contribution in [0.3, 0.4) is 0 Å². The first-order valence-electron chi connectivity index (χ1n) is 10.7. The van der Waals surface area contributed by atoms with Crippen LogP contribution in [-0.2, 0) is 4.79 Å². The minimum atomic E-state index is 0.00194. The third-order valence-electron chi connectivity index (χ3n) is 5.11. The molecular weight excluding hydrogens is 330 g/mol. The monoisotopic (exact) mass is 365 g/mol. The molecule has 0 saturated heterocycles. The van der Waals surface area contributed by atoms with Crippen molar-refractivity contribution in [1.29, 1.82) is 0 Å². The number of carbonyl (C=O) groups is 1. The molecular formula is C25H35NO. The summed E-state index contributed by atoms with van der Waals surface area (Å²) in [5.74, 6) is 0.289. The first-order valence-corrected chi connectivity index (χ1v) is 10.7. The zero-order valence-corrected chi connectivity index (χ0v) is 17.1. The van der Waals surface area contributed by atoms with Crippen molar-refractivity contribution in [2.75, 3.05) is 6.54 Å². The molecule has 0 N–H and O–H groups in total. The molecule has 0 spiro atoms. The molecule has 0 bridgehead atoms. The third kappa shape index (κ3) is 6.86. The molecule has 1 amide bonds. The van der Waals surface area contributed by atoms with Crippen molar-refractivity contribution >= 4 is 5.91 Å². The van der Waals surface area contributed by atoms with Crippen molar-refractivity contribution in [3.05, 3.63) is 71.8 Å². The van der Waals surface area contributed by atoms with E-state index in [0.717, 1.165) is 32.2 Å². The van der Waals surface area contributed by atoms with Crippen LogP contribution in [0.5, 0.6) is 0 Å². The number of rotatable bonds is 12. The van der Waals surface area contributed by atoms with E-state index in [2.05, 4.69) is 67.3 Å². The van der Waals surface area contributed by atoms with Crippen LogP contribution in [0.2, 0.25) is 0 Å². The van der Waals surface area contributed by atoms with Crippen LogP contribution in [0.25, 0.3) is 0 Å². The molecule has 0 heterocycles. The minimum Gasteiger partial charge on any atom is -0.332 e. The molecule has 0 atom stereocenters. The van der Waals surface area contributed by atoms with Crippen molar-refractivity contribution in [2.45, 2.75) is 71.3 Å². The number of nitrogens with zero attached hydrogens (tertiary/aromatic N) is 1. The summed E-state index contributed by atoms with van der Waals surface area (Å²) in [5.41, 5.74) is 2.39. The van der Waals surface area contributed by atoms with Crippen LogP contribution >= 0.6 is 0 Å². The highest BCUT2D eigenvalue weighted by Gasteiger charge is 2.25. The molecule has 0 aliphatic rings. The summed E-state index contributed by atoms with van der Waals surface area (Å²) in [5, 5.41) is 0. The van der Waals surface area contributed by atoms with Crippen molar-refractivity contribution in [3.8, 4) is 0 Å². The van der Waals surface area contributed by atoms with Gasteiger partial charge >= 0.3 is 0 Å². The summed E-state index contributed by atoms with van der Waals surface area (Å²) >= 11 is 0. The quantitative estimate of drug-likeness (QED) is 0.380. The summed E-state index contributed by atoms with van der Waals surface area (Å²) < 4.78 is 0. The fraction of sp³-hybridized carbons (Fsp3) is 0.480. The fourth-order valence-corrected chi connectivity index (χ4v) is 3.57. The summed E-state index contributed by atoms with van der Waals surface area (Å²) in [6.45, 7) is 5.23. The van der Waals surface area contributed by atoms with Gasteiger partial charge in [-0.2, -0.15) is 0 Å². The second-order valence-electron chi connectivity index (χ2n) is 7.33. The first kappa shape index (κ1) is 21.2. The standard InChI is InChI=1S/C25H35NO/c1-3-5-7-8-15-20-24(27)26(21-6-4-2)25(22-16-11-9-12-17-22)23-18-13-10-14-19-23/h9-14,16-19,25H,3-8,15,20-21H2,1-2H3. The van der Waals surface area contributed by atoms with Gasteiger partial charge in [-0.15, -0.1) is 0 Å². The average molecular weight is 366 g/mol. The Morgan fingerprint density at radius 2 is 1.26 bits per heavy atom. The van der Waals surface area contributed by atoms with Crippen LogP contribution in [0.1, 0.15) is 82.4 Å². The molecule has 0 saturated carbocycles. The molecule has 146 valence electrons. The van der Waals surface area contributed by atoms with E-state index in [1.54, 1.807) is 0 Å². The normalized spacial score (nSPS) is 10.9. The highest BCUT2D eigenvalue weighted by atomic mass is 16.2. The predicted molar refractivity (Wildman–Crippen MR) is 115 cm³/mol. The molecule has 0 radical (unpaired) electrons. The SMILES string of the molecule is CCCCCCCC(=O)N(CCCC)C(c1ccccc1)c1ccccc1. The molecule has 2 nitrogen and oxygen atoms in total. The van der Waals surface area contributed by atoms with Gasteiger partial charge in [-0.25, -0.2) is 0 Å². The molecule has 2 aromatic carbocycles. The molecule has 2 aromatic rings. The second-order valence-corrected chi connectivity index (χ2v) is 7.33. The predicted octanol–water partition coefficient (Wildman–Crippen LogP) is 6.77. The largest absolute Gasteiger partial charge is 0.332 e. The number of hydrogen-bond acceptors (Lipinski definition) is 1. The van der Waals surface area contributed by atoms with E-state index in [-0.39, 0.29) is 11.9 Å². The van der Waals surface area contributed by atoms with E-state index >= 15 is 0 Å². The number of benzene rings is 2. The van der Waals surface area contributed by atoms with E-state index < -0.39 is 0 Å². The number of hydrogen-bond donors (Lipinski definition) is 0. The van der Waals surface area contributed by atoms with Gasteiger partial charge in [0.25, 0.3) is 0 Å². The van der Waals surface area contributed by atoms with E-state index in [1.165, 1.54) is 30.4 Å². The van der Waals surface area contributed by atoms with Gasteiger partial charge in [0.15, 0.2) is 0 Å². The molecule has 2 heteroatoms. The maximum absolute atomic E-state index is 13.2. The lowest BCUT2D eigenvalue weighted by Gasteiger charge is -2.33. The van der Waals surface area contributed by atoms with Gasteiger partial charge < -0.3 is 4.90 Å². The molecule has 0 unspecified atom stereocenters. The average Bonchev–Trinajstić information content (AvgIpc) is 2.72. The van der Waals surface area contributed by atoms with E-state index in [1.807, 2.05) is 12.1 Å². The zero-order chi connectivity index (χ0) is 19.3. The van der Waals surface area contributed by atoms with Crippen LogP contribution < -0.4 is 0 Å². The Labute approximate surface area is 165 Å². The van der Waals surface area contributed by atoms with Gasteiger partial charge in [-0.1, -0.05) is 107 Å². The molecule has 0 aromatic heterocycles. The highest BCUT2D eigenvalue weighted by molar-refractivity contribution is 5.77. The van der Waals surface area contributed by atoms with E-state index in [0.29, 0.717) is 6.42 Å². The number of carbonyl (C=O) groups excluding carboxylic acids is 1. The van der Waals surface area contributed by atoms with E-state index in [4.69, 9.17) is 0 Å². The summed E-state index contributed by atoms with van der Waals surface area (Å²) in [4.78, 5) is 15.3. The lowest BCUT2D eigenvalue weighted by atomic mass is 9.96. The lowest BCUT2D eigenvalue weighted by Crippen LogP contribution is -2.36. The van der Waals surface area contributed by atoms with Gasteiger partial charge in [0.05, 0.1) is 6.04 Å². The Hall–Kier alpha value is -2.09. The van der Waals surface area contributed by atoms with Crippen molar-refractivity contribution in [3.63, 3.8) is 0 Å². The van der Waals surface area contributed by atoms with Crippen LogP contribution in [0.15, 0.2) is 60.7 Å². The third-order valence-corrected chi connectivity index (χ3v) is 5.11. The topological polar surface area (TPSA) is 20.3 Å². The van der Waals surface area contributed by atoms with Crippen LogP contribution in [-0.4, -0.2) is 17.4 Å². The van der Waals surface area contributed by atoms with E-state index in [9.17, 15) is 4.79 Å². The number of amides is 1. The van der Waals surface area contributed by atoms with Gasteiger partial charge in [0, 0.05) is 13.0 Å². The maximum atomic E-state index is 13.2. The summed E-state index contributed by atoms with van der Waals surface area (Å²) in [6, 6.07) is 20.9. The van der Waals surface area contributed by atoms with Crippen LogP contribution in [0.4, 0.5) is 0 Å². The van der Waals surface area contributed by atoms with Gasteiger partial charge in [0.2, 0.25) is 5.91 Å². The summed E-state index contributed by atoms with van der Waals surface area (Å²) in [7, 11) is 0. The first-order chi connectivity index (χ1) is 13.3. The van der Waals surface area contributed by atoms with Crippen molar-refractivity contribution in [2.24, 2.45) is 0 Å². The Morgan fingerprint density at radius 3 is 1.78 bits per heavy atom. The highest BCUT2D eigenvalue weighted by Crippen LogP contribution is 2.30. The lowest BCUT2D eigenvalue weighted by molar-refractivity contribution is -0.133. The summed E-state index contributed by atoms with van der Waals surface area (Å²) in [6.07, 6.45) is 8.68. The van der Waals surface area contributed by atoms with Gasteiger partial charge in [0.1, 0.15) is 0 Å². The molecule has 0 aliphatic carbocycles. The molecule has 27 heavy (non-hydrogen) atoms. The Morgan fingerprint density at radius 1 is 0.741 bits per heavy atom. The van der Waals surface area contributed by atoms with Gasteiger partial charge in [-0.05, 0) is 24.0 Å². The van der Waals surface area contributed by atoms with Crippen molar-refractivity contribution in [1.82, 2.24) is 4.90 Å². The smallest absolute Gasteiger partial charge is 0.223 e. The van der Waals surface area contributed by atoms with Crippen LogP contribution in [0, 0.1) is 0 Å². The van der Waals surface area contributed by atoms with Gasteiger partial charge in [-0.3, -0.25) is 4.79 Å². The second kappa shape index (κ2) is 12.3. The Kier molecular flexibility index (Phi) is 9.68. The minimum absolute atomic E-state index is 0.00194. The Bertz CT molecular complexity index is 598. The van der Waals surface area contributed by atoms with Crippen molar-refractivity contribution < 1.29 is 4.79 Å². The zero-order valence-electron chi connectivity index (χ0n) is 17.1. The fourth-order valence-electron chi connectivity index (χ4n) is 3.57. The number of unbranched alkanes of at least 4 members (excludes halogenated alkanes) is 5.